The van der Waals surface area contributed by atoms with E-state index < -0.39 is 94.4 Å². The molecule has 0 spiro atoms. The van der Waals surface area contributed by atoms with Crippen molar-refractivity contribution in [2.45, 2.75) is 159 Å². The zero-order valence-corrected chi connectivity index (χ0v) is 81.9. The number of likely N-dealkylation sites (tertiary alicyclic amines) is 4. The molecule has 0 unspecified atom stereocenters. The summed E-state index contributed by atoms with van der Waals surface area (Å²) < 4.78 is 215. The van der Waals surface area contributed by atoms with Crippen LogP contribution in [0.1, 0.15) is 129 Å². The zero-order valence-electron chi connectivity index (χ0n) is 81.1. The molecule has 7 heterocycles. The van der Waals surface area contributed by atoms with E-state index in [1.165, 1.54) is 32.3 Å². The number of benzene rings is 11. The standard InChI is InChI=1S/C34H33F4N3O.C29H27F4N3OS.C26H26F4N4O.C24H25F4N5O/c35-30-20-29(34(36,37)38)21-31(22-30)39-33(42)41(24-27-9-5-2-6-10-27)32-15-17-40(18-16-32)23-28-13-11-26(12-14-28)19-25-7-3-1-4-8-25;30-23-14-22(29(31,32)33)15-24(16-23)34-28(37)36(17-20-6-2-1-3-7-20)25-10-12-35(13-11-25)18-21-19-38-27-9-5-4-8-26(21)27;27-22-13-21(26(28,29)30)14-23(15-22)32-25(35)34(18-19-5-2-1-3-6-19)24-8-11-33(12-9-24)17-20-7-4-10-31-16-20;25-19-12-18(24(26,27)28)13-21(14-19)30-23(34)33(15-17-4-2-1-3-5-17)22-7-10-32(11-8-22)16-20-6-9-29-31-20/h1-14,20-22,32H,15-19,23-24H2,(H,39,42);1-9,14-16,19,25H,10-13,17-18H2,(H,34,37);1-7,10,13-16,24H,8-9,11-12,17-18H2,(H,32,35);1-6,9,12-14,22H,7-8,10-11,15-16H2,(H,29,31)(H,30,34). The van der Waals surface area contributed by atoms with Gasteiger partial charge in [-0.1, -0.05) is 200 Å². The molecule has 0 radical (unpaired) electrons. The van der Waals surface area contributed by atoms with Gasteiger partial charge in [0.05, 0.1) is 22.3 Å². The maximum Gasteiger partial charge on any atom is 0.416 e. The number of hydrogen-bond donors (Lipinski definition) is 5. The van der Waals surface area contributed by atoms with Crippen molar-refractivity contribution >= 4 is 68.3 Å². The molecular formula is C113H111F16N15O4S. The number of anilines is 4. The molecular weight excluding hydrogens is 1970 g/mol. The Morgan fingerprint density at radius 2 is 0.604 bits per heavy atom. The number of thiophene rings is 1. The van der Waals surface area contributed by atoms with Crippen molar-refractivity contribution in [2.75, 3.05) is 73.6 Å². The lowest BCUT2D eigenvalue weighted by molar-refractivity contribution is -0.138. The normalized spacial score (nSPS) is 15.0. The number of piperidine rings is 4. The van der Waals surface area contributed by atoms with Crippen LogP contribution in [0.25, 0.3) is 10.1 Å². The smallest absolute Gasteiger partial charge is 0.317 e. The number of pyridine rings is 1. The second kappa shape index (κ2) is 51.0. The first-order valence-corrected chi connectivity index (χ1v) is 49.7. The summed E-state index contributed by atoms with van der Waals surface area (Å²) in [7, 11) is 0. The molecule has 149 heavy (non-hydrogen) atoms. The van der Waals surface area contributed by atoms with E-state index in [9.17, 15) is 89.4 Å². The minimum absolute atomic E-state index is 0.110. The van der Waals surface area contributed by atoms with Gasteiger partial charge in [-0.2, -0.15) is 57.8 Å². The quantitative estimate of drug-likeness (QED) is 0.0327. The van der Waals surface area contributed by atoms with Gasteiger partial charge in [-0.3, -0.25) is 29.7 Å². The number of aromatic amines is 1. The summed E-state index contributed by atoms with van der Waals surface area (Å²) in [4.78, 5) is 73.2. The number of amides is 8. The maximum absolute atomic E-state index is 14.0. The first-order valence-electron chi connectivity index (χ1n) is 48.9. The van der Waals surface area contributed by atoms with E-state index in [0.717, 1.165) is 180 Å². The predicted molar refractivity (Wildman–Crippen MR) is 543 cm³/mol. The van der Waals surface area contributed by atoms with Crippen LogP contribution in [-0.4, -0.2) is 155 Å². The molecule has 5 N–H and O–H groups in total. The van der Waals surface area contributed by atoms with Crippen molar-refractivity contribution in [2.24, 2.45) is 0 Å². The summed E-state index contributed by atoms with van der Waals surface area (Å²) in [6.45, 7) is 10.4. The molecule has 36 heteroatoms. The highest BCUT2D eigenvalue weighted by Gasteiger charge is 2.39. The number of carbonyl (C=O) groups is 4. The van der Waals surface area contributed by atoms with Crippen molar-refractivity contribution in [3.63, 3.8) is 0 Å². The number of urea groups is 4. The predicted octanol–water partition coefficient (Wildman–Crippen LogP) is 27.1. The highest BCUT2D eigenvalue weighted by molar-refractivity contribution is 7.17. The Hall–Kier alpha value is -14.5. The number of aromatic nitrogens is 3. The van der Waals surface area contributed by atoms with Gasteiger partial charge < -0.3 is 40.9 Å². The maximum atomic E-state index is 14.0. The van der Waals surface area contributed by atoms with Crippen LogP contribution < -0.4 is 21.3 Å². The average Bonchev–Trinajstić information content (AvgIpc) is 1.62. The Labute approximate surface area is 856 Å². The molecule has 4 aliphatic rings. The Bertz CT molecular complexity index is 6640. The topological polar surface area (TPSA) is 184 Å². The number of fused-ring (bicyclic) bond motifs is 1. The molecule has 3 aromatic heterocycles. The van der Waals surface area contributed by atoms with E-state index in [-0.39, 0.29) is 46.9 Å². The summed E-state index contributed by atoms with van der Waals surface area (Å²) in [5.41, 5.74) is 5.27. The van der Waals surface area contributed by atoms with E-state index in [4.69, 9.17) is 0 Å². The molecule has 14 aromatic rings. The number of alkyl halides is 12. The lowest BCUT2D eigenvalue weighted by Crippen LogP contribution is -2.48. The van der Waals surface area contributed by atoms with Crippen LogP contribution >= 0.6 is 11.3 Å². The SMILES string of the molecule is O=C(Nc1cc(F)cc(C(F)(F)F)c1)N(Cc1ccccc1)C1CCN(Cc2ccc(Cc3ccccc3)cc2)CC1.O=C(Nc1cc(F)cc(C(F)(F)F)c1)N(Cc1ccccc1)C1CCN(Cc2cccnc2)CC1.O=C(Nc1cc(F)cc(C(F)(F)F)c1)N(Cc1ccccc1)C1CCN(Cc2ccn[nH]2)CC1.O=C(Nc1cc(F)cc(C(F)(F)F)c1)N(Cc1ccccc1)C1CCN(Cc2csc3ccccc23)CC1. The van der Waals surface area contributed by atoms with Gasteiger partial charge in [0, 0.05) is 181 Å². The summed E-state index contributed by atoms with van der Waals surface area (Å²) in [6, 6.07) is 76.4. The van der Waals surface area contributed by atoms with Crippen LogP contribution in [0.5, 0.6) is 0 Å². The van der Waals surface area contributed by atoms with Crippen molar-refractivity contribution in [3.05, 3.63) is 416 Å². The van der Waals surface area contributed by atoms with Crippen LogP contribution in [0, 0.1) is 23.3 Å². The summed E-state index contributed by atoms with van der Waals surface area (Å²) in [6.07, 6.45) is -7.05. The monoisotopic (exact) mass is 2080 g/mol. The second-order valence-electron chi connectivity index (χ2n) is 37.3. The molecule has 19 nitrogen and oxygen atoms in total. The Kier molecular flexibility index (Phi) is 37.2. The molecule has 4 aliphatic heterocycles. The molecule has 0 saturated carbocycles. The Morgan fingerprint density at radius 3 is 0.919 bits per heavy atom. The van der Waals surface area contributed by atoms with Crippen molar-refractivity contribution in [1.29, 1.82) is 0 Å². The zero-order chi connectivity index (χ0) is 105. The highest BCUT2D eigenvalue weighted by atomic mass is 32.1. The van der Waals surface area contributed by atoms with Crippen LogP contribution in [0.4, 0.5) is 112 Å². The van der Waals surface area contributed by atoms with Gasteiger partial charge >= 0.3 is 48.8 Å². The molecule has 8 amide bonds. The summed E-state index contributed by atoms with van der Waals surface area (Å²) in [5, 5.41) is 20.4. The summed E-state index contributed by atoms with van der Waals surface area (Å²) in [5.74, 6) is -4.24. The minimum atomic E-state index is -4.72. The van der Waals surface area contributed by atoms with E-state index in [1.54, 1.807) is 43.3 Å². The average molecular weight is 2080 g/mol. The van der Waals surface area contributed by atoms with Gasteiger partial charge in [-0.25, -0.2) is 36.7 Å². The number of nitrogens with zero attached hydrogens (tertiary/aromatic N) is 10. The molecule has 11 aromatic carbocycles. The Balaban J connectivity index is 0.000000149. The van der Waals surface area contributed by atoms with Crippen molar-refractivity contribution in [1.82, 2.24) is 54.4 Å². The molecule has 0 aliphatic carbocycles. The fraction of sp³-hybridized carbons (Fsp3) is 0.292. The molecule has 18 rings (SSSR count). The minimum Gasteiger partial charge on any atom is -0.317 e. The van der Waals surface area contributed by atoms with Crippen molar-refractivity contribution in [3.8, 4) is 0 Å². The molecule has 4 saturated heterocycles. The van der Waals surface area contributed by atoms with E-state index in [2.05, 4.69) is 110 Å². The first kappa shape index (κ1) is 109. The fourth-order valence-corrected chi connectivity index (χ4v) is 19.8. The van der Waals surface area contributed by atoms with Gasteiger partial charge in [0.15, 0.2) is 0 Å². The number of rotatable bonds is 26. The lowest BCUT2D eigenvalue weighted by Gasteiger charge is -2.38. The number of carbonyl (C=O) groups excluding carboxylic acids is 4. The number of hydrogen-bond acceptors (Lipinski definition) is 11. The third kappa shape index (κ3) is 32.5. The number of halogens is 16. The lowest BCUT2D eigenvalue weighted by atomic mass is 10.0. The third-order valence-electron chi connectivity index (χ3n) is 26.4. The Morgan fingerprint density at radius 1 is 0.315 bits per heavy atom. The molecule has 4 fully saturated rings. The van der Waals surface area contributed by atoms with Crippen LogP contribution in [0.15, 0.2) is 315 Å². The second-order valence-corrected chi connectivity index (χ2v) is 38.2. The van der Waals surface area contributed by atoms with Crippen molar-refractivity contribution < 1.29 is 89.4 Å². The number of nitrogens with one attached hydrogen (secondary N) is 5. The first-order chi connectivity index (χ1) is 71.5. The largest absolute Gasteiger partial charge is 0.416 e. The van der Waals surface area contributed by atoms with Crippen LogP contribution in [0.3, 0.4) is 0 Å². The van der Waals surface area contributed by atoms with Crippen LogP contribution in [-0.2, 0) is 83.5 Å². The molecule has 0 atom stereocenters. The van der Waals surface area contributed by atoms with E-state index in [1.807, 2.05) is 176 Å². The number of H-pyrrole nitrogens is 1. The van der Waals surface area contributed by atoms with Gasteiger partial charge in [0.25, 0.3) is 0 Å². The highest BCUT2D eigenvalue weighted by Crippen LogP contribution is 2.39. The van der Waals surface area contributed by atoms with Crippen LogP contribution in [0.2, 0.25) is 0 Å². The van der Waals surface area contributed by atoms with E-state index in [0.29, 0.717) is 89.0 Å². The van der Waals surface area contributed by atoms with Gasteiger partial charge in [0.2, 0.25) is 0 Å². The molecule has 0 bridgehead atoms. The van der Waals surface area contributed by atoms with E-state index >= 15 is 0 Å². The van der Waals surface area contributed by atoms with Gasteiger partial charge in [-0.15, -0.1) is 11.3 Å². The van der Waals surface area contributed by atoms with Gasteiger partial charge in [0.1, 0.15) is 23.3 Å². The summed E-state index contributed by atoms with van der Waals surface area (Å²) >= 11 is 1.73. The van der Waals surface area contributed by atoms with Gasteiger partial charge in [-0.05, 0) is 210 Å². The molecule has 780 valence electrons. The fourth-order valence-electron chi connectivity index (χ4n) is 18.8. The third-order valence-corrected chi connectivity index (χ3v) is 27.5.